The normalized spacial score (nSPS) is 22.4. The van der Waals surface area contributed by atoms with Crippen molar-refractivity contribution in [3.8, 4) is 6.07 Å². The quantitative estimate of drug-likeness (QED) is 0.672. The van der Waals surface area contributed by atoms with Crippen molar-refractivity contribution in [1.82, 2.24) is 0 Å². The van der Waals surface area contributed by atoms with Crippen LogP contribution in [0.15, 0.2) is 18.2 Å². The summed E-state index contributed by atoms with van der Waals surface area (Å²) in [6, 6.07) is 6.83. The van der Waals surface area contributed by atoms with E-state index in [9.17, 15) is 10.1 Å². The summed E-state index contributed by atoms with van der Waals surface area (Å²) >= 11 is 0. The van der Waals surface area contributed by atoms with E-state index >= 15 is 0 Å². The number of hydrogen-bond acceptors (Lipinski definition) is 5. The standard InChI is InChI=1S/C14H18N4O2/c1-2-10-9-17(6-5-13(10)16)12-3-4-14(18(19)20)11(7-12)8-15/h3-4,7,10,13H,2,5-6,9,16H2,1H3. The molecule has 1 fully saturated rings. The summed E-state index contributed by atoms with van der Waals surface area (Å²) in [6.45, 7) is 3.77. The van der Waals surface area contributed by atoms with Crippen LogP contribution in [-0.4, -0.2) is 24.1 Å². The van der Waals surface area contributed by atoms with Crippen LogP contribution in [0.25, 0.3) is 0 Å². The SMILES string of the molecule is CCC1CN(c2ccc([N+](=O)[O-])c(C#N)c2)CCC1N. The fourth-order valence-corrected chi connectivity index (χ4v) is 2.69. The van der Waals surface area contributed by atoms with E-state index < -0.39 is 4.92 Å². The molecule has 0 aliphatic carbocycles. The average Bonchev–Trinajstić information content (AvgIpc) is 2.46. The van der Waals surface area contributed by atoms with E-state index in [4.69, 9.17) is 11.0 Å². The van der Waals surface area contributed by atoms with Crippen LogP contribution in [0.3, 0.4) is 0 Å². The summed E-state index contributed by atoms with van der Waals surface area (Å²) in [5.41, 5.74) is 6.91. The molecule has 0 spiro atoms. The van der Waals surface area contributed by atoms with Crippen LogP contribution in [0.1, 0.15) is 25.3 Å². The number of nitro groups is 1. The third-order valence-electron chi connectivity index (χ3n) is 3.98. The first kappa shape index (κ1) is 14.3. The van der Waals surface area contributed by atoms with Crippen LogP contribution in [0.2, 0.25) is 0 Å². The molecule has 2 rings (SSSR count). The number of nitro benzene ring substituents is 1. The Kier molecular flexibility index (Phi) is 4.20. The highest BCUT2D eigenvalue weighted by molar-refractivity contribution is 5.60. The van der Waals surface area contributed by atoms with E-state index in [0.717, 1.165) is 31.6 Å². The van der Waals surface area contributed by atoms with Gasteiger partial charge >= 0.3 is 0 Å². The lowest BCUT2D eigenvalue weighted by Crippen LogP contribution is -2.47. The molecule has 106 valence electrons. The van der Waals surface area contributed by atoms with Gasteiger partial charge in [-0.2, -0.15) is 5.26 Å². The monoisotopic (exact) mass is 274 g/mol. The van der Waals surface area contributed by atoms with Crippen molar-refractivity contribution in [3.05, 3.63) is 33.9 Å². The van der Waals surface area contributed by atoms with E-state index in [0.29, 0.717) is 5.92 Å². The van der Waals surface area contributed by atoms with E-state index in [1.54, 1.807) is 12.1 Å². The van der Waals surface area contributed by atoms with Crippen molar-refractivity contribution >= 4 is 11.4 Å². The number of anilines is 1. The molecule has 1 saturated heterocycles. The van der Waals surface area contributed by atoms with Gasteiger partial charge in [0.2, 0.25) is 0 Å². The minimum Gasteiger partial charge on any atom is -0.371 e. The molecule has 2 atom stereocenters. The first-order valence-electron chi connectivity index (χ1n) is 6.75. The Morgan fingerprint density at radius 1 is 1.60 bits per heavy atom. The Balaban J connectivity index is 2.26. The second-order valence-electron chi connectivity index (χ2n) is 5.14. The van der Waals surface area contributed by atoms with Gasteiger partial charge in [0.1, 0.15) is 11.6 Å². The lowest BCUT2D eigenvalue weighted by molar-refractivity contribution is -0.385. The van der Waals surface area contributed by atoms with Crippen molar-refractivity contribution < 1.29 is 4.92 Å². The Morgan fingerprint density at radius 3 is 2.95 bits per heavy atom. The number of rotatable bonds is 3. The van der Waals surface area contributed by atoms with Gasteiger partial charge in [-0.05, 0) is 24.5 Å². The van der Waals surface area contributed by atoms with E-state index in [2.05, 4.69) is 11.8 Å². The van der Waals surface area contributed by atoms with Gasteiger partial charge in [-0.15, -0.1) is 0 Å². The molecule has 1 aromatic rings. The van der Waals surface area contributed by atoms with Crippen LogP contribution >= 0.6 is 0 Å². The summed E-state index contributed by atoms with van der Waals surface area (Å²) < 4.78 is 0. The predicted molar refractivity (Wildman–Crippen MR) is 76.4 cm³/mol. The molecule has 0 aromatic heterocycles. The number of nitrogens with zero attached hydrogens (tertiary/aromatic N) is 3. The molecule has 6 nitrogen and oxygen atoms in total. The largest absolute Gasteiger partial charge is 0.371 e. The van der Waals surface area contributed by atoms with Crippen molar-refractivity contribution in [2.45, 2.75) is 25.8 Å². The number of benzene rings is 1. The summed E-state index contributed by atoms with van der Waals surface area (Å²) in [6.07, 6.45) is 1.91. The van der Waals surface area contributed by atoms with Gasteiger partial charge in [-0.1, -0.05) is 13.3 Å². The number of piperidine rings is 1. The topological polar surface area (TPSA) is 96.2 Å². The highest BCUT2D eigenvalue weighted by Crippen LogP contribution is 2.28. The summed E-state index contributed by atoms with van der Waals surface area (Å²) in [5.74, 6) is 0.421. The molecule has 1 aromatic carbocycles. The van der Waals surface area contributed by atoms with Gasteiger partial charge in [-0.25, -0.2) is 0 Å². The van der Waals surface area contributed by atoms with Gasteiger partial charge < -0.3 is 10.6 Å². The van der Waals surface area contributed by atoms with E-state index in [1.807, 2.05) is 6.07 Å². The summed E-state index contributed by atoms with van der Waals surface area (Å²) in [5, 5.41) is 19.9. The molecule has 0 amide bonds. The maximum absolute atomic E-state index is 10.8. The van der Waals surface area contributed by atoms with Gasteiger partial charge in [0, 0.05) is 30.9 Å². The van der Waals surface area contributed by atoms with Crippen LogP contribution in [-0.2, 0) is 0 Å². The maximum atomic E-state index is 10.8. The van der Waals surface area contributed by atoms with Crippen LogP contribution in [0.4, 0.5) is 11.4 Å². The highest BCUT2D eigenvalue weighted by Gasteiger charge is 2.26. The first-order chi connectivity index (χ1) is 9.56. The Labute approximate surface area is 117 Å². The summed E-state index contributed by atoms with van der Waals surface area (Å²) in [4.78, 5) is 12.5. The average molecular weight is 274 g/mol. The first-order valence-corrected chi connectivity index (χ1v) is 6.75. The Morgan fingerprint density at radius 2 is 2.35 bits per heavy atom. The molecule has 6 heteroatoms. The molecular formula is C14H18N4O2. The smallest absolute Gasteiger partial charge is 0.287 e. The lowest BCUT2D eigenvalue weighted by atomic mass is 9.90. The molecular weight excluding hydrogens is 256 g/mol. The van der Waals surface area contributed by atoms with Crippen LogP contribution in [0.5, 0.6) is 0 Å². The number of nitrogens with two attached hydrogens (primary N) is 1. The van der Waals surface area contributed by atoms with Crippen molar-refractivity contribution in [2.75, 3.05) is 18.0 Å². The van der Waals surface area contributed by atoms with Crippen molar-refractivity contribution in [3.63, 3.8) is 0 Å². The Hall–Kier alpha value is -2.13. The van der Waals surface area contributed by atoms with Crippen LogP contribution in [0, 0.1) is 27.4 Å². The molecule has 0 radical (unpaired) electrons. The third kappa shape index (κ3) is 2.73. The predicted octanol–water partition coefficient (Wildman–Crippen LogP) is 2.03. The van der Waals surface area contributed by atoms with E-state index in [1.165, 1.54) is 6.07 Å². The van der Waals surface area contributed by atoms with Gasteiger partial charge in [0.05, 0.1) is 4.92 Å². The molecule has 0 bridgehead atoms. The molecule has 0 saturated carbocycles. The van der Waals surface area contributed by atoms with Gasteiger partial charge in [0.25, 0.3) is 5.69 Å². The fraction of sp³-hybridized carbons (Fsp3) is 0.500. The van der Waals surface area contributed by atoms with Crippen molar-refractivity contribution in [2.24, 2.45) is 11.7 Å². The molecule has 2 N–H and O–H groups in total. The third-order valence-corrected chi connectivity index (χ3v) is 3.98. The molecule has 2 unspecified atom stereocenters. The number of nitriles is 1. The molecule has 1 heterocycles. The zero-order valence-electron chi connectivity index (χ0n) is 11.5. The van der Waals surface area contributed by atoms with Gasteiger partial charge in [-0.3, -0.25) is 10.1 Å². The zero-order valence-corrected chi connectivity index (χ0v) is 11.5. The lowest BCUT2D eigenvalue weighted by Gasteiger charge is -2.38. The minimum atomic E-state index is -0.525. The van der Waals surface area contributed by atoms with Crippen LogP contribution < -0.4 is 10.6 Å². The zero-order chi connectivity index (χ0) is 14.7. The highest BCUT2D eigenvalue weighted by atomic mass is 16.6. The van der Waals surface area contributed by atoms with E-state index in [-0.39, 0.29) is 17.3 Å². The molecule has 1 aliphatic heterocycles. The van der Waals surface area contributed by atoms with Crippen molar-refractivity contribution in [1.29, 1.82) is 5.26 Å². The second-order valence-corrected chi connectivity index (χ2v) is 5.14. The second kappa shape index (κ2) is 5.88. The summed E-state index contributed by atoms with van der Waals surface area (Å²) in [7, 11) is 0. The van der Waals surface area contributed by atoms with Gasteiger partial charge in [0.15, 0.2) is 0 Å². The molecule has 20 heavy (non-hydrogen) atoms. The molecule has 1 aliphatic rings. The Bertz CT molecular complexity index is 553. The maximum Gasteiger partial charge on any atom is 0.287 e. The fourth-order valence-electron chi connectivity index (χ4n) is 2.69. The minimum absolute atomic E-state index is 0.107. The number of hydrogen-bond donors (Lipinski definition) is 1.